The number of benzene rings is 2. The Kier molecular flexibility index (Phi) is 8.58. The molecular formula is C21H29FN4O. The van der Waals surface area contributed by atoms with Gasteiger partial charge in [-0.25, -0.2) is 9.38 Å². The van der Waals surface area contributed by atoms with Gasteiger partial charge in [0.1, 0.15) is 18.2 Å². The minimum atomic E-state index is -0.181. The largest absolute Gasteiger partial charge is 0.492 e. The molecule has 2 aromatic carbocycles. The summed E-state index contributed by atoms with van der Waals surface area (Å²) in [6.45, 7) is 5.01. The summed E-state index contributed by atoms with van der Waals surface area (Å²) in [6.07, 6.45) is 0. The number of nitrogens with one attached hydrogen (secondary N) is 2. The van der Waals surface area contributed by atoms with Crippen LogP contribution in [0.25, 0.3) is 0 Å². The fourth-order valence-corrected chi connectivity index (χ4v) is 2.56. The van der Waals surface area contributed by atoms with Gasteiger partial charge >= 0.3 is 0 Å². The fraction of sp³-hybridized carbons (Fsp3) is 0.381. The van der Waals surface area contributed by atoms with Crippen molar-refractivity contribution in [2.24, 2.45) is 4.99 Å². The van der Waals surface area contributed by atoms with E-state index in [9.17, 15) is 4.39 Å². The first kappa shape index (κ1) is 20.7. The summed E-state index contributed by atoms with van der Waals surface area (Å²) < 4.78 is 19.6. The van der Waals surface area contributed by atoms with E-state index >= 15 is 0 Å². The molecule has 0 heterocycles. The molecule has 6 heteroatoms. The van der Waals surface area contributed by atoms with Crippen molar-refractivity contribution >= 4 is 5.96 Å². The predicted molar refractivity (Wildman–Crippen MR) is 109 cm³/mol. The van der Waals surface area contributed by atoms with Gasteiger partial charge in [0.25, 0.3) is 0 Å². The van der Waals surface area contributed by atoms with Gasteiger partial charge in [0.2, 0.25) is 0 Å². The minimum Gasteiger partial charge on any atom is -0.492 e. The second-order valence-electron chi connectivity index (χ2n) is 6.45. The first-order valence-electron chi connectivity index (χ1n) is 9.20. The summed E-state index contributed by atoms with van der Waals surface area (Å²) in [5, 5.41) is 6.46. The van der Waals surface area contributed by atoms with Crippen LogP contribution in [0.5, 0.6) is 5.75 Å². The average Bonchev–Trinajstić information content (AvgIpc) is 2.66. The topological polar surface area (TPSA) is 48.9 Å². The van der Waals surface area contributed by atoms with Gasteiger partial charge in [0, 0.05) is 18.7 Å². The van der Waals surface area contributed by atoms with Gasteiger partial charge in [0.05, 0.1) is 13.1 Å². The average molecular weight is 372 g/mol. The molecule has 0 saturated carbocycles. The molecule has 146 valence electrons. The summed E-state index contributed by atoms with van der Waals surface area (Å²) in [5.41, 5.74) is 1.66. The molecule has 0 atom stereocenters. The third kappa shape index (κ3) is 7.66. The van der Waals surface area contributed by atoms with E-state index in [0.717, 1.165) is 17.9 Å². The van der Waals surface area contributed by atoms with Crippen molar-refractivity contribution in [2.75, 3.05) is 33.8 Å². The molecule has 27 heavy (non-hydrogen) atoms. The van der Waals surface area contributed by atoms with Crippen molar-refractivity contribution in [3.63, 3.8) is 0 Å². The Morgan fingerprint density at radius 2 is 1.89 bits per heavy atom. The van der Waals surface area contributed by atoms with Crippen molar-refractivity contribution in [1.82, 2.24) is 15.5 Å². The first-order chi connectivity index (χ1) is 13.1. The molecule has 0 aliphatic heterocycles. The minimum absolute atomic E-state index is 0.181. The number of aliphatic imine (C=N–C) groups is 1. The fourth-order valence-electron chi connectivity index (χ4n) is 2.56. The maximum absolute atomic E-state index is 13.9. The second-order valence-corrected chi connectivity index (χ2v) is 6.45. The number of ether oxygens (including phenoxy) is 1. The lowest BCUT2D eigenvalue weighted by Gasteiger charge is -2.13. The van der Waals surface area contributed by atoms with Gasteiger partial charge in [-0.3, -0.25) is 0 Å². The Hall–Kier alpha value is -2.60. The van der Waals surface area contributed by atoms with E-state index in [1.165, 1.54) is 6.07 Å². The van der Waals surface area contributed by atoms with Gasteiger partial charge in [0.15, 0.2) is 5.96 Å². The highest BCUT2D eigenvalue weighted by molar-refractivity contribution is 5.79. The Morgan fingerprint density at radius 1 is 1.11 bits per heavy atom. The summed E-state index contributed by atoms with van der Waals surface area (Å²) in [5.74, 6) is 1.38. The molecule has 0 radical (unpaired) electrons. The molecule has 2 rings (SSSR count). The van der Waals surface area contributed by atoms with Gasteiger partial charge in [-0.1, -0.05) is 24.3 Å². The molecule has 0 amide bonds. The maximum Gasteiger partial charge on any atom is 0.191 e. The Bertz CT molecular complexity index is 719. The number of rotatable bonds is 9. The SMILES string of the molecule is CCNC(=NCc1ccc(F)c(CN(C)C)c1)NCCOc1ccccc1. The highest BCUT2D eigenvalue weighted by atomic mass is 19.1. The lowest BCUT2D eigenvalue weighted by Crippen LogP contribution is -2.39. The monoisotopic (exact) mass is 372 g/mol. The summed E-state index contributed by atoms with van der Waals surface area (Å²) in [7, 11) is 3.85. The van der Waals surface area contributed by atoms with Gasteiger partial charge in [-0.15, -0.1) is 0 Å². The van der Waals surface area contributed by atoms with Crippen molar-refractivity contribution in [3.05, 3.63) is 65.5 Å². The van der Waals surface area contributed by atoms with Gasteiger partial charge in [-0.2, -0.15) is 0 Å². The van der Waals surface area contributed by atoms with E-state index in [-0.39, 0.29) is 5.82 Å². The van der Waals surface area contributed by atoms with Crippen LogP contribution in [0.4, 0.5) is 4.39 Å². The van der Waals surface area contributed by atoms with E-state index in [2.05, 4.69) is 15.6 Å². The number of hydrogen-bond donors (Lipinski definition) is 2. The van der Waals surface area contributed by atoms with E-state index in [4.69, 9.17) is 4.74 Å². The maximum atomic E-state index is 13.9. The second kappa shape index (κ2) is 11.2. The quantitative estimate of drug-likeness (QED) is 0.404. The molecule has 0 aliphatic rings. The number of para-hydroxylation sites is 1. The van der Waals surface area contributed by atoms with E-state index < -0.39 is 0 Å². The molecule has 2 aromatic rings. The lowest BCUT2D eigenvalue weighted by molar-refractivity contribution is 0.322. The van der Waals surface area contributed by atoms with Crippen molar-refractivity contribution in [1.29, 1.82) is 0 Å². The van der Waals surface area contributed by atoms with Gasteiger partial charge in [-0.05, 0) is 50.8 Å². The Morgan fingerprint density at radius 3 is 2.59 bits per heavy atom. The molecule has 0 fully saturated rings. The molecule has 0 saturated heterocycles. The highest BCUT2D eigenvalue weighted by Crippen LogP contribution is 2.13. The van der Waals surface area contributed by atoms with Crippen LogP contribution in [0.1, 0.15) is 18.1 Å². The Labute approximate surface area is 161 Å². The van der Waals surface area contributed by atoms with Crippen LogP contribution in [0.3, 0.4) is 0 Å². The first-order valence-corrected chi connectivity index (χ1v) is 9.20. The Balaban J connectivity index is 1.88. The van der Waals surface area contributed by atoms with Gasteiger partial charge < -0.3 is 20.3 Å². The van der Waals surface area contributed by atoms with Crippen LogP contribution in [0.15, 0.2) is 53.5 Å². The molecule has 2 N–H and O–H groups in total. The predicted octanol–water partition coefficient (Wildman–Crippen LogP) is 3.02. The summed E-state index contributed by atoms with van der Waals surface area (Å²) >= 11 is 0. The number of halogens is 1. The van der Waals surface area contributed by atoms with Crippen LogP contribution in [0.2, 0.25) is 0 Å². The van der Waals surface area contributed by atoms with E-state index in [0.29, 0.717) is 37.8 Å². The van der Waals surface area contributed by atoms with Crippen LogP contribution < -0.4 is 15.4 Å². The molecule has 0 aromatic heterocycles. The molecule has 0 bridgehead atoms. The highest BCUT2D eigenvalue weighted by Gasteiger charge is 2.05. The number of hydrogen-bond acceptors (Lipinski definition) is 3. The van der Waals surface area contributed by atoms with Crippen LogP contribution in [-0.4, -0.2) is 44.7 Å². The van der Waals surface area contributed by atoms with Crippen LogP contribution in [-0.2, 0) is 13.1 Å². The van der Waals surface area contributed by atoms with Crippen molar-refractivity contribution in [3.8, 4) is 5.75 Å². The zero-order valence-electron chi connectivity index (χ0n) is 16.3. The molecule has 0 unspecified atom stereocenters. The van der Waals surface area contributed by atoms with E-state index in [1.54, 1.807) is 6.07 Å². The zero-order chi connectivity index (χ0) is 19.5. The molecular weight excluding hydrogens is 343 g/mol. The number of nitrogens with zero attached hydrogens (tertiary/aromatic N) is 2. The normalized spacial score (nSPS) is 11.5. The lowest BCUT2D eigenvalue weighted by atomic mass is 10.1. The van der Waals surface area contributed by atoms with Crippen LogP contribution in [0, 0.1) is 5.82 Å². The third-order valence-corrected chi connectivity index (χ3v) is 3.77. The van der Waals surface area contributed by atoms with Crippen LogP contribution >= 0.6 is 0 Å². The molecule has 0 aliphatic carbocycles. The zero-order valence-corrected chi connectivity index (χ0v) is 16.3. The summed E-state index contributed by atoms with van der Waals surface area (Å²) in [6, 6.07) is 14.9. The molecule has 0 spiro atoms. The van der Waals surface area contributed by atoms with E-state index in [1.807, 2.05) is 62.3 Å². The van der Waals surface area contributed by atoms with Crippen molar-refractivity contribution < 1.29 is 9.13 Å². The smallest absolute Gasteiger partial charge is 0.191 e. The van der Waals surface area contributed by atoms with Crippen molar-refractivity contribution in [2.45, 2.75) is 20.0 Å². The summed E-state index contributed by atoms with van der Waals surface area (Å²) in [4.78, 5) is 6.53. The molecule has 5 nitrogen and oxygen atoms in total. The number of guanidine groups is 1. The standard InChI is InChI=1S/C21H29FN4O/c1-4-23-21(24-12-13-27-19-8-6-5-7-9-19)25-15-17-10-11-20(22)18(14-17)16-26(2)3/h5-11,14H,4,12-13,15-16H2,1-3H3,(H2,23,24,25). The third-order valence-electron chi connectivity index (χ3n) is 3.77.